The number of anilines is 2. The van der Waals surface area contributed by atoms with Crippen LogP contribution in [-0.2, 0) is 14.8 Å². The van der Waals surface area contributed by atoms with Gasteiger partial charge in [-0.05, 0) is 42.8 Å². The van der Waals surface area contributed by atoms with Crippen molar-refractivity contribution < 1.29 is 22.3 Å². The molecule has 2 aromatic rings. The van der Waals surface area contributed by atoms with E-state index in [1.165, 1.54) is 25.3 Å². The van der Waals surface area contributed by atoms with Gasteiger partial charge in [0, 0.05) is 5.69 Å². The molecule has 1 N–H and O–H groups in total. The third-order valence-corrected chi connectivity index (χ3v) is 4.94. The predicted molar refractivity (Wildman–Crippen MR) is 99.4 cm³/mol. The number of amides is 1. The molecule has 0 saturated heterocycles. The van der Waals surface area contributed by atoms with Gasteiger partial charge in [-0.15, -0.1) is 0 Å². The molecule has 2 rings (SSSR count). The van der Waals surface area contributed by atoms with Crippen LogP contribution in [0.5, 0.6) is 5.75 Å². The monoisotopic (exact) mass is 380 g/mol. The molecule has 0 saturated carbocycles. The van der Waals surface area contributed by atoms with E-state index in [1.807, 2.05) is 0 Å². The number of carbonyl (C=O) groups is 1. The van der Waals surface area contributed by atoms with Gasteiger partial charge in [0.1, 0.15) is 17.6 Å². The fraction of sp³-hybridized carbons (Fsp3) is 0.278. The fourth-order valence-corrected chi connectivity index (χ4v) is 3.78. The van der Waals surface area contributed by atoms with Gasteiger partial charge in [0.15, 0.2) is 0 Å². The number of rotatable bonds is 7. The van der Waals surface area contributed by atoms with Crippen molar-refractivity contribution in [1.82, 2.24) is 0 Å². The third kappa shape index (κ3) is 4.51. The van der Waals surface area contributed by atoms with E-state index in [4.69, 9.17) is 4.74 Å². The number of nitrogens with one attached hydrogen (secondary N) is 1. The highest BCUT2D eigenvalue weighted by Crippen LogP contribution is 2.26. The van der Waals surface area contributed by atoms with Crippen LogP contribution in [0.1, 0.15) is 13.3 Å². The van der Waals surface area contributed by atoms with Crippen molar-refractivity contribution in [2.75, 3.05) is 23.0 Å². The van der Waals surface area contributed by atoms with Gasteiger partial charge in [-0.3, -0.25) is 9.10 Å². The Bertz CT molecular complexity index is 869. The average Bonchev–Trinajstić information content (AvgIpc) is 2.60. The zero-order valence-electron chi connectivity index (χ0n) is 14.8. The average molecular weight is 380 g/mol. The minimum Gasteiger partial charge on any atom is -0.497 e. The standard InChI is InChI=1S/C18H21FN2O4S/c1-4-16(18(22)20-13-9-11-14(25-2)12-10-13)21(26(3,23)24)17-8-6-5-7-15(17)19/h5-12,16H,4H2,1-3H3,(H,20,22). The summed E-state index contributed by atoms with van der Waals surface area (Å²) >= 11 is 0. The van der Waals surface area contributed by atoms with Crippen molar-refractivity contribution in [3.63, 3.8) is 0 Å². The van der Waals surface area contributed by atoms with Gasteiger partial charge in [0.05, 0.1) is 19.1 Å². The summed E-state index contributed by atoms with van der Waals surface area (Å²) in [4.78, 5) is 12.7. The minimum atomic E-state index is -3.89. The number of nitrogens with zero attached hydrogens (tertiary/aromatic N) is 1. The molecule has 8 heteroatoms. The van der Waals surface area contributed by atoms with E-state index in [9.17, 15) is 17.6 Å². The molecule has 0 radical (unpaired) electrons. The Hall–Kier alpha value is -2.61. The molecule has 0 aromatic heterocycles. The summed E-state index contributed by atoms with van der Waals surface area (Å²) in [5.74, 6) is -0.640. The Morgan fingerprint density at radius 1 is 1.19 bits per heavy atom. The molecule has 2 aromatic carbocycles. The van der Waals surface area contributed by atoms with E-state index in [2.05, 4.69) is 5.32 Å². The number of sulfonamides is 1. The normalized spacial score (nSPS) is 12.3. The van der Waals surface area contributed by atoms with Crippen molar-refractivity contribution in [3.8, 4) is 5.75 Å². The summed E-state index contributed by atoms with van der Waals surface area (Å²) in [5.41, 5.74) is 0.322. The fourth-order valence-electron chi connectivity index (χ4n) is 2.57. The first kappa shape index (κ1) is 19.7. The van der Waals surface area contributed by atoms with Crippen LogP contribution in [0.4, 0.5) is 15.8 Å². The third-order valence-electron chi connectivity index (χ3n) is 3.78. The molecule has 0 aliphatic heterocycles. The predicted octanol–water partition coefficient (Wildman–Crippen LogP) is 3.02. The SMILES string of the molecule is CCC(C(=O)Nc1ccc(OC)cc1)N(c1ccccc1F)S(C)(=O)=O. The molecule has 26 heavy (non-hydrogen) atoms. The zero-order chi connectivity index (χ0) is 19.3. The summed E-state index contributed by atoms with van der Waals surface area (Å²) in [6.07, 6.45) is 1.12. The van der Waals surface area contributed by atoms with Gasteiger partial charge in [-0.25, -0.2) is 12.8 Å². The lowest BCUT2D eigenvalue weighted by Gasteiger charge is -2.30. The first-order valence-corrected chi connectivity index (χ1v) is 9.81. The topological polar surface area (TPSA) is 75.7 Å². The molecule has 1 amide bonds. The zero-order valence-corrected chi connectivity index (χ0v) is 15.6. The number of carbonyl (C=O) groups excluding carboxylic acids is 1. The van der Waals surface area contributed by atoms with Crippen molar-refractivity contribution in [3.05, 3.63) is 54.3 Å². The second-order valence-corrected chi connectivity index (χ2v) is 7.51. The molecule has 140 valence electrons. The maximum Gasteiger partial charge on any atom is 0.248 e. The molecular weight excluding hydrogens is 359 g/mol. The number of hydrogen-bond acceptors (Lipinski definition) is 4. The number of para-hydroxylation sites is 1. The van der Waals surface area contributed by atoms with Crippen LogP contribution in [0.15, 0.2) is 48.5 Å². The van der Waals surface area contributed by atoms with E-state index < -0.39 is 27.8 Å². The van der Waals surface area contributed by atoms with Crippen molar-refractivity contribution in [2.45, 2.75) is 19.4 Å². The van der Waals surface area contributed by atoms with E-state index >= 15 is 0 Å². The van der Waals surface area contributed by atoms with Crippen LogP contribution in [-0.4, -0.2) is 33.7 Å². The Balaban J connectivity index is 2.35. The Morgan fingerprint density at radius 3 is 2.31 bits per heavy atom. The largest absolute Gasteiger partial charge is 0.497 e. The summed E-state index contributed by atoms with van der Waals surface area (Å²) < 4.78 is 44.6. The quantitative estimate of drug-likeness (QED) is 0.801. The first-order chi connectivity index (χ1) is 12.3. The molecule has 1 atom stereocenters. The lowest BCUT2D eigenvalue weighted by molar-refractivity contribution is -0.117. The van der Waals surface area contributed by atoms with E-state index in [-0.39, 0.29) is 12.1 Å². The highest BCUT2D eigenvalue weighted by molar-refractivity contribution is 7.92. The van der Waals surface area contributed by atoms with Gasteiger partial charge in [-0.1, -0.05) is 19.1 Å². The van der Waals surface area contributed by atoms with Gasteiger partial charge in [0.2, 0.25) is 15.9 Å². The van der Waals surface area contributed by atoms with Crippen LogP contribution in [0, 0.1) is 5.82 Å². The van der Waals surface area contributed by atoms with Gasteiger partial charge in [0.25, 0.3) is 0 Å². The second kappa shape index (κ2) is 8.18. The Morgan fingerprint density at radius 2 is 1.81 bits per heavy atom. The Kier molecular flexibility index (Phi) is 6.20. The first-order valence-electron chi connectivity index (χ1n) is 7.96. The van der Waals surface area contributed by atoms with Crippen LogP contribution < -0.4 is 14.4 Å². The van der Waals surface area contributed by atoms with Crippen LogP contribution in [0.3, 0.4) is 0 Å². The highest BCUT2D eigenvalue weighted by Gasteiger charge is 2.33. The van der Waals surface area contributed by atoms with Gasteiger partial charge < -0.3 is 10.1 Å². The number of ether oxygens (including phenoxy) is 1. The van der Waals surface area contributed by atoms with E-state index in [0.29, 0.717) is 11.4 Å². The summed E-state index contributed by atoms with van der Waals surface area (Å²) in [6, 6.07) is 11.0. The molecular formula is C18H21FN2O4S. The summed E-state index contributed by atoms with van der Waals surface area (Å²) in [6.45, 7) is 1.66. The van der Waals surface area contributed by atoms with Gasteiger partial charge >= 0.3 is 0 Å². The smallest absolute Gasteiger partial charge is 0.248 e. The maximum atomic E-state index is 14.2. The van der Waals surface area contributed by atoms with Gasteiger partial charge in [-0.2, -0.15) is 0 Å². The minimum absolute atomic E-state index is 0.160. The molecule has 0 aliphatic rings. The molecule has 0 fully saturated rings. The van der Waals surface area contributed by atoms with Crippen LogP contribution >= 0.6 is 0 Å². The molecule has 0 aliphatic carbocycles. The van der Waals surface area contributed by atoms with E-state index in [0.717, 1.165) is 16.6 Å². The van der Waals surface area contributed by atoms with Crippen LogP contribution in [0.25, 0.3) is 0 Å². The number of halogens is 1. The highest BCUT2D eigenvalue weighted by atomic mass is 32.2. The van der Waals surface area contributed by atoms with Crippen molar-refractivity contribution in [1.29, 1.82) is 0 Å². The summed E-state index contributed by atoms with van der Waals surface area (Å²) in [7, 11) is -2.36. The van der Waals surface area contributed by atoms with Crippen molar-refractivity contribution >= 4 is 27.3 Å². The second-order valence-electron chi connectivity index (χ2n) is 5.65. The van der Waals surface area contributed by atoms with E-state index in [1.54, 1.807) is 31.2 Å². The Labute approximate surface area is 152 Å². The molecule has 1 unspecified atom stereocenters. The molecule has 0 heterocycles. The summed E-state index contributed by atoms with van der Waals surface area (Å²) in [5, 5.41) is 2.66. The molecule has 0 spiro atoms. The number of hydrogen-bond donors (Lipinski definition) is 1. The molecule has 6 nitrogen and oxygen atoms in total. The maximum absolute atomic E-state index is 14.2. The molecule has 0 bridgehead atoms. The lowest BCUT2D eigenvalue weighted by atomic mass is 10.1. The van der Waals surface area contributed by atoms with Crippen LogP contribution in [0.2, 0.25) is 0 Å². The number of methoxy groups -OCH3 is 1. The van der Waals surface area contributed by atoms with Crippen molar-refractivity contribution in [2.24, 2.45) is 0 Å². The lowest BCUT2D eigenvalue weighted by Crippen LogP contribution is -2.47. The number of benzene rings is 2.